The van der Waals surface area contributed by atoms with Gasteiger partial charge in [0.1, 0.15) is 16.3 Å². The first-order valence-electron chi connectivity index (χ1n) is 10.6. The second-order valence-electron chi connectivity index (χ2n) is 7.84. The number of aryl methyl sites for hydroxylation is 1. The SMILES string of the molecule is COc1cc(Cl)ccc1NC(=O)c1cc2ccccc2c(N=Nc2ccc(C)c(S(=O)(=O)O)c2Cl)c1[O-].[Na+]. The molecule has 0 aliphatic rings. The van der Waals surface area contributed by atoms with E-state index in [2.05, 4.69) is 15.5 Å². The van der Waals surface area contributed by atoms with Crippen molar-refractivity contribution in [2.24, 2.45) is 10.2 Å². The summed E-state index contributed by atoms with van der Waals surface area (Å²) in [5.74, 6) is -1.13. The molecule has 0 saturated carbocycles. The summed E-state index contributed by atoms with van der Waals surface area (Å²) in [4.78, 5) is 12.6. The molecule has 9 nitrogen and oxygen atoms in total. The Morgan fingerprint density at radius 3 is 2.45 bits per heavy atom. The van der Waals surface area contributed by atoms with Gasteiger partial charge < -0.3 is 15.2 Å². The third-order valence-corrected chi connectivity index (χ3v) is 7.19. The molecule has 1 amide bonds. The second-order valence-corrected chi connectivity index (χ2v) is 10.0. The van der Waals surface area contributed by atoms with E-state index in [1.54, 1.807) is 30.3 Å². The van der Waals surface area contributed by atoms with Crippen molar-refractivity contribution in [3.8, 4) is 11.5 Å². The Morgan fingerprint density at radius 1 is 1.05 bits per heavy atom. The first-order chi connectivity index (χ1) is 17.5. The molecule has 13 heteroatoms. The van der Waals surface area contributed by atoms with E-state index in [9.17, 15) is 22.9 Å². The molecule has 0 saturated heterocycles. The largest absolute Gasteiger partial charge is 1.00 e. The van der Waals surface area contributed by atoms with Gasteiger partial charge in [-0.3, -0.25) is 9.35 Å². The molecule has 4 aromatic carbocycles. The molecule has 0 atom stereocenters. The van der Waals surface area contributed by atoms with Crippen LogP contribution in [0.25, 0.3) is 10.8 Å². The predicted molar refractivity (Wildman–Crippen MR) is 140 cm³/mol. The quantitative estimate of drug-likeness (QED) is 0.203. The second kappa shape index (κ2) is 12.0. The first-order valence-corrected chi connectivity index (χ1v) is 12.8. The summed E-state index contributed by atoms with van der Waals surface area (Å²) in [5.41, 5.74) is 0.0494. The van der Waals surface area contributed by atoms with Crippen LogP contribution in [0.15, 0.2) is 75.8 Å². The number of benzene rings is 4. The van der Waals surface area contributed by atoms with Crippen molar-refractivity contribution in [2.75, 3.05) is 12.4 Å². The summed E-state index contributed by atoms with van der Waals surface area (Å²) in [7, 11) is -3.22. The van der Waals surface area contributed by atoms with E-state index < -0.39 is 26.7 Å². The molecule has 38 heavy (non-hydrogen) atoms. The van der Waals surface area contributed by atoms with Crippen LogP contribution in [0.5, 0.6) is 11.5 Å². The summed E-state index contributed by atoms with van der Waals surface area (Å²) in [6.45, 7) is 1.46. The Bertz CT molecular complexity index is 1700. The molecule has 0 radical (unpaired) electrons. The van der Waals surface area contributed by atoms with Gasteiger partial charge in [-0.2, -0.15) is 13.5 Å². The van der Waals surface area contributed by atoms with Gasteiger partial charge in [-0.05, 0) is 42.1 Å². The molecule has 0 aliphatic heterocycles. The van der Waals surface area contributed by atoms with E-state index >= 15 is 0 Å². The van der Waals surface area contributed by atoms with Crippen LogP contribution in [0.3, 0.4) is 0 Å². The number of methoxy groups -OCH3 is 1. The molecule has 4 aromatic rings. The molecular weight excluding hydrogens is 564 g/mol. The average molecular weight is 582 g/mol. The predicted octanol–water partition coefficient (Wildman–Crippen LogP) is 3.46. The average Bonchev–Trinajstić information content (AvgIpc) is 2.84. The molecule has 2 N–H and O–H groups in total. The Kier molecular flexibility index (Phi) is 9.43. The van der Waals surface area contributed by atoms with E-state index in [0.717, 1.165) is 0 Å². The molecule has 0 aliphatic carbocycles. The molecule has 0 aromatic heterocycles. The third kappa shape index (κ3) is 6.13. The minimum atomic E-state index is -4.64. The van der Waals surface area contributed by atoms with Crippen molar-refractivity contribution < 1.29 is 57.2 Å². The number of amides is 1. The maximum atomic E-state index is 13.4. The van der Waals surface area contributed by atoms with Crippen LogP contribution in [-0.2, 0) is 10.1 Å². The normalized spacial score (nSPS) is 11.4. The van der Waals surface area contributed by atoms with Crippen molar-refractivity contribution in [3.05, 3.63) is 81.8 Å². The van der Waals surface area contributed by atoms with Crippen LogP contribution in [0.4, 0.5) is 17.1 Å². The van der Waals surface area contributed by atoms with Crippen LogP contribution >= 0.6 is 23.2 Å². The van der Waals surface area contributed by atoms with Crippen LogP contribution < -0.4 is 44.7 Å². The van der Waals surface area contributed by atoms with E-state index in [0.29, 0.717) is 27.2 Å². The number of ether oxygens (including phenoxy) is 1. The first kappa shape index (κ1) is 29.9. The summed E-state index contributed by atoms with van der Waals surface area (Å²) in [5, 5.41) is 25.0. The van der Waals surface area contributed by atoms with E-state index in [1.165, 1.54) is 44.4 Å². The number of hydrogen-bond acceptors (Lipinski definition) is 7. The molecule has 0 bridgehead atoms. The van der Waals surface area contributed by atoms with Crippen LogP contribution in [0, 0.1) is 6.92 Å². The number of nitrogens with one attached hydrogen (secondary N) is 1. The van der Waals surface area contributed by atoms with Gasteiger partial charge >= 0.3 is 29.6 Å². The Balaban J connectivity index is 0.00000400. The summed E-state index contributed by atoms with van der Waals surface area (Å²) in [6.07, 6.45) is 0. The molecular formula is C25H18Cl2N3NaO6S. The van der Waals surface area contributed by atoms with Gasteiger partial charge in [0.25, 0.3) is 16.0 Å². The van der Waals surface area contributed by atoms with E-state index in [-0.39, 0.29) is 57.1 Å². The summed E-state index contributed by atoms with van der Waals surface area (Å²) in [6, 6.07) is 15.6. The maximum Gasteiger partial charge on any atom is 1.00 e. The topological polar surface area (TPSA) is 140 Å². The number of hydrogen-bond donors (Lipinski definition) is 2. The van der Waals surface area contributed by atoms with Crippen LogP contribution in [0.1, 0.15) is 15.9 Å². The van der Waals surface area contributed by atoms with Gasteiger partial charge in [0.2, 0.25) is 0 Å². The van der Waals surface area contributed by atoms with Gasteiger partial charge in [0.15, 0.2) is 0 Å². The number of rotatable bonds is 6. The molecule has 0 fully saturated rings. The summed E-state index contributed by atoms with van der Waals surface area (Å²) < 4.78 is 38.3. The molecule has 0 unspecified atom stereocenters. The Hall–Kier alpha value is -2.70. The van der Waals surface area contributed by atoms with Crippen molar-refractivity contribution in [2.45, 2.75) is 11.8 Å². The van der Waals surface area contributed by atoms with Crippen molar-refractivity contribution >= 4 is 67.1 Å². The van der Waals surface area contributed by atoms with Crippen molar-refractivity contribution in [3.63, 3.8) is 0 Å². The summed E-state index contributed by atoms with van der Waals surface area (Å²) >= 11 is 12.2. The number of carbonyl (C=O) groups is 1. The number of carbonyl (C=O) groups excluding carboxylic acids is 1. The standard InChI is InChI=1S/C25H19Cl2N3O6S.Na/c1-13-7-9-19(21(27)24(13)37(33,34)35)29-30-22-16-6-4-3-5-14(16)11-17(23(22)31)25(32)28-18-10-8-15(26)12-20(18)36-2;/h3-12,31H,1-2H3,(H,28,32)(H,33,34,35);/q;+1/p-1. The minimum Gasteiger partial charge on any atom is -0.870 e. The van der Waals surface area contributed by atoms with Gasteiger partial charge in [-0.25, -0.2) is 0 Å². The molecule has 190 valence electrons. The van der Waals surface area contributed by atoms with Crippen LogP contribution in [0.2, 0.25) is 10.0 Å². The van der Waals surface area contributed by atoms with Gasteiger partial charge in [-0.1, -0.05) is 59.3 Å². The molecule has 4 rings (SSSR count). The van der Waals surface area contributed by atoms with Gasteiger partial charge in [0.05, 0.1) is 23.5 Å². The van der Waals surface area contributed by atoms with E-state index in [4.69, 9.17) is 27.9 Å². The number of anilines is 1. The minimum absolute atomic E-state index is 0. The molecule has 0 spiro atoms. The number of nitrogens with zero attached hydrogens (tertiary/aromatic N) is 2. The number of fused-ring (bicyclic) bond motifs is 1. The van der Waals surface area contributed by atoms with Crippen molar-refractivity contribution in [1.29, 1.82) is 0 Å². The maximum absolute atomic E-state index is 13.4. The van der Waals surface area contributed by atoms with Gasteiger partial charge in [-0.15, -0.1) is 5.11 Å². The van der Waals surface area contributed by atoms with Crippen LogP contribution in [-0.4, -0.2) is 26.0 Å². The fourth-order valence-corrected chi connectivity index (χ4v) is 5.19. The third-order valence-electron chi connectivity index (χ3n) is 5.42. The Morgan fingerprint density at radius 2 is 1.76 bits per heavy atom. The zero-order chi connectivity index (χ0) is 26.9. The van der Waals surface area contributed by atoms with E-state index in [1.807, 2.05) is 0 Å². The van der Waals surface area contributed by atoms with Crippen molar-refractivity contribution in [1.82, 2.24) is 0 Å². The monoisotopic (exact) mass is 581 g/mol. The zero-order valence-corrected chi connectivity index (χ0v) is 24.6. The number of azo groups is 1. The number of halogens is 2. The smallest absolute Gasteiger partial charge is 0.870 e. The Labute approximate surface area is 250 Å². The van der Waals surface area contributed by atoms with Gasteiger partial charge in [0, 0.05) is 22.0 Å². The molecule has 0 heterocycles. The fourth-order valence-electron chi connectivity index (χ4n) is 3.68. The zero-order valence-electron chi connectivity index (χ0n) is 20.3. The fraction of sp³-hybridized carbons (Fsp3) is 0.0800.